The zero-order valence-corrected chi connectivity index (χ0v) is 9.68. The molecule has 2 N–H and O–H groups in total. The molecule has 17 heavy (non-hydrogen) atoms. The van der Waals surface area contributed by atoms with Crippen molar-refractivity contribution in [1.29, 1.82) is 0 Å². The molecule has 0 aromatic heterocycles. The summed E-state index contributed by atoms with van der Waals surface area (Å²) in [5.74, 6) is 0. The minimum atomic E-state index is -0.479. The highest BCUT2D eigenvalue weighted by atomic mass is 16.2. The van der Waals surface area contributed by atoms with Crippen LogP contribution in [0, 0.1) is 0 Å². The van der Waals surface area contributed by atoms with E-state index in [0.717, 1.165) is 10.6 Å². The van der Waals surface area contributed by atoms with Gasteiger partial charge < -0.3 is 10.6 Å². The van der Waals surface area contributed by atoms with Gasteiger partial charge in [0, 0.05) is 14.1 Å². The van der Waals surface area contributed by atoms with Crippen LogP contribution < -0.4 is 10.6 Å². The summed E-state index contributed by atoms with van der Waals surface area (Å²) in [6.45, 7) is 0. The van der Waals surface area contributed by atoms with Crippen LogP contribution >= 0.6 is 0 Å². The van der Waals surface area contributed by atoms with Crippen LogP contribution in [0.2, 0.25) is 0 Å². The predicted octanol–water partition coefficient (Wildman–Crippen LogP) is 0.897. The molecule has 6 heteroatoms. The maximum Gasteiger partial charge on any atom is 0.342 e. The molecule has 0 aliphatic carbocycles. The molecule has 1 aliphatic heterocycles. The van der Waals surface area contributed by atoms with E-state index in [0.29, 0.717) is 0 Å². The molecule has 0 spiro atoms. The lowest BCUT2D eigenvalue weighted by atomic mass is 10.1. The third kappa shape index (κ3) is 2.21. The van der Waals surface area contributed by atoms with Crippen molar-refractivity contribution in [2.45, 2.75) is 6.17 Å². The molecule has 4 amide bonds. The van der Waals surface area contributed by atoms with Crippen molar-refractivity contribution in [2.75, 3.05) is 14.1 Å². The Morgan fingerprint density at radius 3 is 2.06 bits per heavy atom. The van der Waals surface area contributed by atoms with Gasteiger partial charge in [-0.15, -0.1) is 0 Å². The highest BCUT2D eigenvalue weighted by molar-refractivity contribution is 5.95. The summed E-state index contributed by atoms with van der Waals surface area (Å²) in [4.78, 5) is 23.5. The monoisotopic (exact) mass is 234 g/mol. The first-order chi connectivity index (χ1) is 8.09. The lowest BCUT2D eigenvalue weighted by molar-refractivity contribution is 0.0717. The molecule has 0 bridgehead atoms. The van der Waals surface area contributed by atoms with Gasteiger partial charge in [0.15, 0.2) is 0 Å². The first-order valence-electron chi connectivity index (χ1n) is 5.23. The van der Waals surface area contributed by atoms with E-state index in [1.807, 2.05) is 30.3 Å². The van der Waals surface area contributed by atoms with E-state index in [1.54, 1.807) is 14.1 Å². The predicted molar refractivity (Wildman–Crippen MR) is 61.8 cm³/mol. The number of hydrogen-bond donors (Lipinski definition) is 2. The first kappa shape index (κ1) is 11.4. The van der Waals surface area contributed by atoms with E-state index in [2.05, 4.69) is 10.6 Å². The fourth-order valence-electron chi connectivity index (χ4n) is 1.67. The topological polar surface area (TPSA) is 64.7 Å². The van der Waals surface area contributed by atoms with Crippen molar-refractivity contribution in [3.05, 3.63) is 35.9 Å². The summed E-state index contributed by atoms with van der Waals surface area (Å²) < 4.78 is 0. The van der Waals surface area contributed by atoms with Crippen molar-refractivity contribution < 1.29 is 9.59 Å². The van der Waals surface area contributed by atoms with Gasteiger partial charge in [-0.25, -0.2) is 14.6 Å². The molecule has 1 aromatic rings. The Balaban J connectivity index is 2.17. The number of nitrogens with zero attached hydrogens (tertiary/aromatic N) is 2. The van der Waals surface area contributed by atoms with E-state index in [4.69, 9.17) is 0 Å². The molecule has 0 saturated carbocycles. The zero-order chi connectivity index (χ0) is 12.4. The SMILES string of the molecule is CN(C)N1C(=O)NC(c2ccccc2)NC1=O. The van der Waals surface area contributed by atoms with E-state index in [-0.39, 0.29) is 0 Å². The van der Waals surface area contributed by atoms with Gasteiger partial charge in [-0.1, -0.05) is 30.3 Å². The summed E-state index contributed by atoms with van der Waals surface area (Å²) >= 11 is 0. The van der Waals surface area contributed by atoms with Gasteiger partial charge >= 0.3 is 12.1 Å². The Bertz CT molecular complexity index is 414. The van der Waals surface area contributed by atoms with Crippen molar-refractivity contribution in [1.82, 2.24) is 20.7 Å². The molecule has 0 atom stereocenters. The number of hydrogen-bond acceptors (Lipinski definition) is 3. The third-order valence-corrected chi connectivity index (χ3v) is 2.45. The van der Waals surface area contributed by atoms with Gasteiger partial charge in [0.2, 0.25) is 0 Å². The van der Waals surface area contributed by atoms with Crippen LogP contribution in [0.4, 0.5) is 9.59 Å². The standard InChI is InChI=1S/C11H14N4O2/c1-14(2)15-10(16)12-9(13-11(15)17)8-6-4-3-5-7-8/h3-7,9H,1-2H3,(H,12,16)(H,13,17). The minimum absolute atomic E-state index is 0.437. The van der Waals surface area contributed by atoms with Crippen LogP contribution in [-0.2, 0) is 0 Å². The van der Waals surface area contributed by atoms with E-state index >= 15 is 0 Å². The summed E-state index contributed by atoms with van der Waals surface area (Å²) in [6, 6.07) is 8.40. The Kier molecular flexibility index (Phi) is 2.97. The smallest absolute Gasteiger partial charge is 0.312 e. The Morgan fingerprint density at radius 2 is 1.59 bits per heavy atom. The maximum atomic E-state index is 11.7. The highest BCUT2D eigenvalue weighted by Gasteiger charge is 2.33. The van der Waals surface area contributed by atoms with E-state index < -0.39 is 18.2 Å². The van der Waals surface area contributed by atoms with Gasteiger partial charge in [-0.05, 0) is 5.56 Å². The average molecular weight is 234 g/mol. The summed E-state index contributed by atoms with van der Waals surface area (Å²) in [5.41, 5.74) is 0.840. The van der Waals surface area contributed by atoms with Crippen molar-refractivity contribution in [3.8, 4) is 0 Å². The summed E-state index contributed by atoms with van der Waals surface area (Å²) in [5, 5.41) is 7.84. The quantitative estimate of drug-likeness (QED) is 0.799. The molecular formula is C11H14N4O2. The molecule has 1 aromatic carbocycles. The van der Waals surface area contributed by atoms with Gasteiger partial charge in [0.1, 0.15) is 6.17 Å². The molecule has 90 valence electrons. The second kappa shape index (κ2) is 4.42. The molecule has 6 nitrogen and oxygen atoms in total. The minimum Gasteiger partial charge on any atom is -0.312 e. The molecule has 1 heterocycles. The van der Waals surface area contributed by atoms with E-state index in [1.165, 1.54) is 5.01 Å². The highest BCUT2D eigenvalue weighted by Crippen LogP contribution is 2.14. The second-order valence-electron chi connectivity index (χ2n) is 3.90. The summed E-state index contributed by atoms with van der Waals surface area (Å²) in [7, 11) is 3.25. The van der Waals surface area contributed by atoms with Crippen LogP contribution in [0.15, 0.2) is 30.3 Å². The number of amides is 4. The fourth-order valence-corrected chi connectivity index (χ4v) is 1.67. The van der Waals surface area contributed by atoms with Crippen LogP contribution in [0.1, 0.15) is 11.7 Å². The molecule has 1 aliphatic rings. The molecule has 1 saturated heterocycles. The fraction of sp³-hybridized carbons (Fsp3) is 0.273. The zero-order valence-electron chi connectivity index (χ0n) is 9.68. The van der Waals surface area contributed by atoms with Crippen LogP contribution in [0.25, 0.3) is 0 Å². The molecular weight excluding hydrogens is 220 g/mol. The van der Waals surface area contributed by atoms with Gasteiger partial charge in [-0.2, -0.15) is 5.01 Å². The van der Waals surface area contributed by atoms with Crippen LogP contribution in [0.5, 0.6) is 0 Å². The lowest BCUT2D eigenvalue weighted by Gasteiger charge is -2.35. The molecule has 0 radical (unpaired) electrons. The van der Waals surface area contributed by atoms with Crippen LogP contribution in [0.3, 0.4) is 0 Å². The van der Waals surface area contributed by atoms with Gasteiger partial charge in [0.05, 0.1) is 0 Å². The second-order valence-corrected chi connectivity index (χ2v) is 3.90. The third-order valence-electron chi connectivity index (χ3n) is 2.45. The lowest BCUT2D eigenvalue weighted by Crippen LogP contribution is -2.62. The number of benzene rings is 1. The molecule has 1 fully saturated rings. The average Bonchev–Trinajstić information content (AvgIpc) is 2.28. The van der Waals surface area contributed by atoms with Crippen LogP contribution in [-0.4, -0.2) is 36.2 Å². The van der Waals surface area contributed by atoms with Crippen molar-refractivity contribution in [2.24, 2.45) is 0 Å². The molecule has 0 unspecified atom stereocenters. The van der Waals surface area contributed by atoms with Crippen molar-refractivity contribution >= 4 is 12.1 Å². The first-order valence-corrected chi connectivity index (χ1v) is 5.23. The van der Waals surface area contributed by atoms with Crippen molar-refractivity contribution in [3.63, 3.8) is 0 Å². The number of rotatable bonds is 2. The van der Waals surface area contributed by atoms with E-state index in [9.17, 15) is 9.59 Å². The molecule has 2 rings (SSSR count). The number of carbonyl (C=O) groups is 2. The summed E-state index contributed by atoms with van der Waals surface area (Å²) in [6.07, 6.45) is -0.479. The van der Waals surface area contributed by atoms with Gasteiger partial charge in [-0.3, -0.25) is 0 Å². The normalized spacial score (nSPS) is 17.0. The Hall–Kier alpha value is -2.08. The number of hydrazine groups is 1. The van der Waals surface area contributed by atoms with Gasteiger partial charge in [0.25, 0.3) is 0 Å². The Labute approximate surface area is 99.2 Å². The number of urea groups is 2. The Morgan fingerprint density at radius 1 is 1.06 bits per heavy atom. The number of imide groups is 1. The maximum absolute atomic E-state index is 11.7. The largest absolute Gasteiger partial charge is 0.342 e. The number of nitrogens with one attached hydrogen (secondary N) is 2. The number of carbonyl (C=O) groups excluding carboxylic acids is 2.